The van der Waals surface area contributed by atoms with E-state index in [1.165, 1.54) is 23.2 Å². The van der Waals surface area contributed by atoms with Crippen molar-refractivity contribution in [3.8, 4) is 0 Å². The van der Waals surface area contributed by atoms with Gasteiger partial charge in [-0.3, -0.25) is 4.98 Å². The maximum Gasteiger partial charge on any atom is 0.0488 e. The molecule has 0 saturated carbocycles. The van der Waals surface area contributed by atoms with Gasteiger partial charge in [0.25, 0.3) is 0 Å². The van der Waals surface area contributed by atoms with E-state index < -0.39 is 0 Å². The zero-order valence-electron chi connectivity index (χ0n) is 10.8. The molecule has 0 fully saturated rings. The van der Waals surface area contributed by atoms with Crippen LogP contribution in [0.2, 0.25) is 0 Å². The molecular weight excluding hydrogens is 222 g/mol. The molecule has 0 radical (unpaired) electrons. The van der Waals surface area contributed by atoms with E-state index in [1.54, 1.807) is 0 Å². The predicted octanol–water partition coefficient (Wildman–Crippen LogP) is 2.58. The molecule has 2 N–H and O–H groups in total. The summed E-state index contributed by atoms with van der Waals surface area (Å²) < 4.78 is 2.32. The van der Waals surface area contributed by atoms with Crippen LogP contribution in [-0.2, 0) is 13.0 Å². The second-order valence-electron chi connectivity index (χ2n) is 5.15. The van der Waals surface area contributed by atoms with E-state index in [2.05, 4.69) is 33.9 Å². The van der Waals surface area contributed by atoms with E-state index in [0.29, 0.717) is 0 Å². The van der Waals surface area contributed by atoms with Gasteiger partial charge in [-0.05, 0) is 49.4 Å². The molecule has 0 spiro atoms. The molecule has 0 aliphatic heterocycles. The topological polar surface area (TPSA) is 43.8 Å². The highest BCUT2D eigenvalue weighted by Gasteiger charge is 2.19. The third-order valence-corrected chi connectivity index (χ3v) is 3.77. The highest BCUT2D eigenvalue weighted by atomic mass is 15.0. The number of nitrogens with two attached hydrogens (primary N) is 1. The van der Waals surface area contributed by atoms with Crippen molar-refractivity contribution in [2.75, 3.05) is 0 Å². The quantitative estimate of drug-likeness (QED) is 0.878. The van der Waals surface area contributed by atoms with E-state index in [0.717, 1.165) is 25.1 Å². The number of aromatic nitrogens is 2. The molecule has 0 saturated heterocycles. The van der Waals surface area contributed by atoms with Crippen LogP contribution in [0.4, 0.5) is 0 Å². The first-order valence-corrected chi connectivity index (χ1v) is 6.59. The molecular formula is C15H19N3. The van der Waals surface area contributed by atoms with Crippen LogP contribution in [0.3, 0.4) is 0 Å². The Morgan fingerprint density at radius 1 is 1.39 bits per heavy atom. The van der Waals surface area contributed by atoms with Gasteiger partial charge < -0.3 is 10.3 Å². The Kier molecular flexibility index (Phi) is 2.92. The molecule has 1 aliphatic carbocycles. The first-order chi connectivity index (χ1) is 8.74. The van der Waals surface area contributed by atoms with Gasteiger partial charge in [0.05, 0.1) is 0 Å². The van der Waals surface area contributed by atoms with Gasteiger partial charge in [0.1, 0.15) is 0 Å². The van der Waals surface area contributed by atoms with Gasteiger partial charge in [-0.25, -0.2) is 0 Å². The molecule has 18 heavy (non-hydrogen) atoms. The lowest BCUT2D eigenvalue weighted by Gasteiger charge is -2.21. The summed E-state index contributed by atoms with van der Waals surface area (Å²) in [6.07, 6.45) is 7.59. The molecule has 1 unspecified atom stereocenters. The van der Waals surface area contributed by atoms with Gasteiger partial charge in [0, 0.05) is 36.4 Å². The van der Waals surface area contributed by atoms with E-state index in [4.69, 9.17) is 5.73 Å². The Hall–Kier alpha value is -1.61. The first kappa shape index (κ1) is 11.5. The number of aryl methyl sites for hydroxylation is 1. The van der Waals surface area contributed by atoms with Crippen molar-refractivity contribution < 1.29 is 0 Å². The standard InChI is InChI=1S/C15H19N3/c1-11-5-6-12(9-17-11)10-18-8-7-13-14(16)3-2-4-15(13)18/h5-9,14H,2-4,10,16H2,1H3. The van der Waals surface area contributed by atoms with Crippen molar-refractivity contribution in [1.29, 1.82) is 0 Å². The van der Waals surface area contributed by atoms with Crippen LogP contribution in [0.1, 0.15) is 41.4 Å². The van der Waals surface area contributed by atoms with Crippen molar-refractivity contribution in [2.24, 2.45) is 5.73 Å². The Balaban J connectivity index is 1.87. The smallest absolute Gasteiger partial charge is 0.0488 e. The molecule has 94 valence electrons. The maximum atomic E-state index is 6.15. The average Bonchev–Trinajstić information content (AvgIpc) is 2.77. The molecule has 2 aromatic heterocycles. The summed E-state index contributed by atoms with van der Waals surface area (Å²) in [6, 6.07) is 6.63. The largest absolute Gasteiger partial charge is 0.347 e. The molecule has 0 bridgehead atoms. The van der Waals surface area contributed by atoms with Crippen LogP contribution < -0.4 is 5.73 Å². The second-order valence-corrected chi connectivity index (χ2v) is 5.15. The summed E-state index contributed by atoms with van der Waals surface area (Å²) in [7, 11) is 0. The number of hydrogen-bond acceptors (Lipinski definition) is 2. The number of fused-ring (bicyclic) bond motifs is 1. The van der Waals surface area contributed by atoms with Gasteiger partial charge in [-0.15, -0.1) is 0 Å². The van der Waals surface area contributed by atoms with Gasteiger partial charge >= 0.3 is 0 Å². The van der Waals surface area contributed by atoms with Gasteiger partial charge in [-0.2, -0.15) is 0 Å². The summed E-state index contributed by atoms with van der Waals surface area (Å²) in [5.74, 6) is 0. The minimum Gasteiger partial charge on any atom is -0.347 e. The van der Waals surface area contributed by atoms with E-state index in [-0.39, 0.29) is 6.04 Å². The lowest BCUT2D eigenvalue weighted by atomic mass is 9.93. The molecule has 3 nitrogen and oxygen atoms in total. The molecule has 0 amide bonds. The average molecular weight is 241 g/mol. The summed E-state index contributed by atoms with van der Waals surface area (Å²) in [4.78, 5) is 4.35. The molecule has 2 heterocycles. The molecule has 1 atom stereocenters. The van der Waals surface area contributed by atoms with Gasteiger partial charge in [-0.1, -0.05) is 6.07 Å². The highest BCUT2D eigenvalue weighted by molar-refractivity contribution is 5.29. The van der Waals surface area contributed by atoms with Crippen molar-refractivity contribution in [3.63, 3.8) is 0 Å². The molecule has 0 aromatic carbocycles. The molecule has 2 aromatic rings. The Labute approximate surface area is 108 Å². The normalized spacial score (nSPS) is 18.7. The minimum atomic E-state index is 0.228. The van der Waals surface area contributed by atoms with Crippen LogP contribution in [0, 0.1) is 6.92 Å². The van der Waals surface area contributed by atoms with E-state index in [9.17, 15) is 0 Å². The number of pyridine rings is 1. The fraction of sp³-hybridized carbons (Fsp3) is 0.400. The van der Waals surface area contributed by atoms with Gasteiger partial charge in [0.2, 0.25) is 0 Å². The Morgan fingerprint density at radius 3 is 3.06 bits per heavy atom. The number of nitrogens with zero attached hydrogens (tertiary/aromatic N) is 2. The second kappa shape index (κ2) is 4.58. The van der Waals surface area contributed by atoms with Crippen LogP contribution in [0.15, 0.2) is 30.6 Å². The maximum absolute atomic E-state index is 6.15. The van der Waals surface area contributed by atoms with Crippen molar-refractivity contribution >= 4 is 0 Å². The van der Waals surface area contributed by atoms with E-state index >= 15 is 0 Å². The highest BCUT2D eigenvalue weighted by Crippen LogP contribution is 2.29. The van der Waals surface area contributed by atoms with Crippen LogP contribution >= 0.6 is 0 Å². The third-order valence-electron chi connectivity index (χ3n) is 3.77. The summed E-state index contributed by atoms with van der Waals surface area (Å²) in [5.41, 5.74) is 11.2. The van der Waals surface area contributed by atoms with Crippen molar-refractivity contribution in [1.82, 2.24) is 9.55 Å². The fourth-order valence-corrected chi connectivity index (χ4v) is 2.73. The Morgan fingerprint density at radius 2 is 2.28 bits per heavy atom. The zero-order chi connectivity index (χ0) is 12.5. The lowest BCUT2D eigenvalue weighted by Crippen LogP contribution is -2.18. The predicted molar refractivity (Wildman–Crippen MR) is 72.4 cm³/mol. The van der Waals surface area contributed by atoms with Gasteiger partial charge in [0.15, 0.2) is 0 Å². The van der Waals surface area contributed by atoms with Crippen LogP contribution in [0.5, 0.6) is 0 Å². The van der Waals surface area contributed by atoms with Crippen molar-refractivity contribution in [2.45, 2.75) is 38.8 Å². The van der Waals surface area contributed by atoms with Crippen LogP contribution in [0.25, 0.3) is 0 Å². The van der Waals surface area contributed by atoms with Crippen LogP contribution in [-0.4, -0.2) is 9.55 Å². The van der Waals surface area contributed by atoms with Crippen molar-refractivity contribution in [3.05, 3.63) is 53.1 Å². The van der Waals surface area contributed by atoms with E-state index in [1.807, 2.05) is 13.1 Å². The number of rotatable bonds is 2. The molecule has 1 aliphatic rings. The molecule has 3 rings (SSSR count). The summed E-state index contributed by atoms with van der Waals surface area (Å²) >= 11 is 0. The Bertz CT molecular complexity index is 539. The zero-order valence-corrected chi connectivity index (χ0v) is 10.8. The monoisotopic (exact) mass is 241 g/mol. The minimum absolute atomic E-state index is 0.228. The molecule has 3 heteroatoms. The third kappa shape index (κ3) is 2.06. The summed E-state index contributed by atoms with van der Waals surface area (Å²) in [6.45, 7) is 2.91. The fourth-order valence-electron chi connectivity index (χ4n) is 2.73. The lowest BCUT2D eigenvalue weighted by molar-refractivity contribution is 0.548. The number of hydrogen-bond donors (Lipinski definition) is 1. The SMILES string of the molecule is Cc1ccc(Cn2ccc3c2CCCC3N)cn1. The first-order valence-electron chi connectivity index (χ1n) is 6.59. The summed E-state index contributed by atoms with van der Waals surface area (Å²) in [5, 5.41) is 0.